The Morgan fingerprint density at radius 2 is 2.09 bits per heavy atom. The smallest absolute Gasteiger partial charge is 0.307 e. The first-order valence-electron chi connectivity index (χ1n) is 6.89. The van der Waals surface area contributed by atoms with Crippen LogP contribution >= 0.6 is 11.3 Å². The van der Waals surface area contributed by atoms with E-state index < -0.39 is 0 Å². The molecule has 3 aromatic rings. The van der Waals surface area contributed by atoms with Gasteiger partial charge in [-0.25, -0.2) is 9.37 Å². The minimum atomic E-state index is -0.388. The number of halogens is 1. The number of aryl methyl sites for hydroxylation is 1. The summed E-state index contributed by atoms with van der Waals surface area (Å²) in [6.45, 7) is 0.202. The molecule has 0 amide bonds. The van der Waals surface area contributed by atoms with Crippen LogP contribution in [0.2, 0.25) is 0 Å². The van der Waals surface area contributed by atoms with Crippen molar-refractivity contribution < 1.29 is 13.9 Å². The van der Waals surface area contributed by atoms with Crippen molar-refractivity contribution in [2.45, 2.75) is 13.0 Å². The number of hydrogen-bond acceptors (Lipinski definition) is 5. The normalized spacial score (nSPS) is 10.9. The molecule has 5 nitrogen and oxygen atoms in total. The van der Waals surface area contributed by atoms with Crippen LogP contribution in [0.15, 0.2) is 40.8 Å². The molecule has 118 valence electrons. The third-order valence-electron chi connectivity index (χ3n) is 3.50. The molecule has 0 atom stereocenters. The molecule has 0 saturated carbocycles. The van der Waals surface area contributed by atoms with Crippen molar-refractivity contribution in [1.29, 1.82) is 0 Å². The minimum absolute atomic E-state index is 0.0968. The Morgan fingerprint density at radius 3 is 2.78 bits per heavy atom. The average molecular weight is 332 g/mol. The van der Waals surface area contributed by atoms with E-state index in [0.717, 1.165) is 11.1 Å². The van der Waals surface area contributed by atoms with Crippen LogP contribution in [-0.2, 0) is 16.1 Å². The number of carbonyl (C=O) groups is 1. The number of hydrogen-bond donors (Lipinski definition) is 0. The van der Waals surface area contributed by atoms with Crippen molar-refractivity contribution in [3.8, 4) is 11.1 Å². The van der Waals surface area contributed by atoms with Gasteiger partial charge < -0.3 is 4.74 Å². The van der Waals surface area contributed by atoms with Gasteiger partial charge in [0, 0.05) is 17.5 Å². The lowest BCUT2D eigenvalue weighted by molar-refractivity contribution is -0.140. The zero-order valence-corrected chi connectivity index (χ0v) is 13.1. The van der Waals surface area contributed by atoms with E-state index in [1.54, 1.807) is 12.1 Å². The summed E-state index contributed by atoms with van der Waals surface area (Å²) in [5.41, 5.74) is 1.25. The van der Waals surface area contributed by atoms with E-state index in [2.05, 4.69) is 9.72 Å². The van der Waals surface area contributed by atoms with Gasteiger partial charge in [-0.15, -0.1) is 11.3 Å². The Bertz CT molecular complexity index is 915. The predicted octanol–water partition coefficient (Wildman–Crippen LogP) is 2.83. The van der Waals surface area contributed by atoms with Crippen LogP contribution in [0.4, 0.5) is 4.39 Å². The highest BCUT2D eigenvalue weighted by molar-refractivity contribution is 7.17. The van der Waals surface area contributed by atoms with Crippen molar-refractivity contribution in [3.63, 3.8) is 0 Å². The van der Waals surface area contributed by atoms with Gasteiger partial charge in [-0.1, -0.05) is 12.1 Å². The van der Waals surface area contributed by atoms with Crippen molar-refractivity contribution in [1.82, 2.24) is 9.55 Å². The molecule has 2 heterocycles. The van der Waals surface area contributed by atoms with Crippen molar-refractivity contribution in [3.05, 3.63) is 52.1 Å². The van der Waals surface area contributed by atoms with Crippen LogP contribution in [0.1, 0.15) is 6.42 Å². The molecule has 0 radical (unpaired) electrons. The molecule has 1 aromatic carbocycles. The van der Waals surface area contributed by atoms with Gasteiger partial charge >= 0.3 is 5.97 Å². The fraction of sp³-hybridized carbons (Fsp3) is 0.188. The summed E-state index contributed by atoms with van der Waals surface area (Å²) in [7, 11) is 1.30. The number of rotatable bonds is 4. The van der Waals surface area contributed by atoms with Crippen LogP contribution in [0.25, 0.3) is 21.3 Å². The summed E-state index contributed by atoms with van der Waals surface area (Å²) in [6.07, 6.45) is 1.53. The molecule has 0 aliphatic carbocycles. The molecule has 23 heavy (non-hydrogen) atoms. The Balaban J connectivity index is 2.05. The summed E-state index contributed by atoms with van der Waals surface area (Å²) >= 11 is 1.35. The first kappa shape index (κ1) is 15.4. The van der Waals surface area contributed by atoms with Gasteiger partial charge in [-0.05, 0) is 17.7 Å². The van der Waals surface area contributed by atoms with Gasteiger partial charge in [-0.2, -0.15) is 0 Å². The number of carbonyl (C=O) groups excluding carboxylic acids is 1. The number of fused-ring (bicyclic) bond motifs is 1. The maximum absolute atomic E-state index is 13.1. The standard InChI is InChI=1S/C16H13FN2O3S/c1-22-13(20)6-7-19-9-18-15-14(16(19)21)12(8-23-15)10-2-4-11(17)5-3-10/h2-5,8-9H,6-7H2,1H3. The summed E-state index contributed by atoms with van der Waals surface area (Å²) < 4.78 is 19.0. The van der Waals surface area contributed by atoms with E-state index in [-0.39, 0.29) is 30.3 Å². The highest BCUT2D eigenvalue weighted by atomic mass is 32.1. The van der Waals surface area contributed by atoms with Gasteiger partial charge in [-0.3, -0.25) is 14.2 Å². The lowest BCUT2D eigenvalue weighted by Gasteiger charge is -2.05. The Morgan fingerprint density at radius 1 is 1.35 bits per heavy atom. The van der Waals surface area contributed by atoms with Crippen LogP contribution in [0.5, 0.6) is 0 Å². The number of aromatic nitrogens is 2. The van der Waals surface area contributed by atoms with Crippen LogP contribution in [0.3, 0.4) is 0 Å². The van der Waals surface area contributed by atoms with E-state index >= 15 is 0 Å². The third-order valence-corrected chi connectivity index (χ3v) is 4.39. The molecule has 0 unspecified atom stereocenters. The number of esters is 1. The first-order chi connectivity index (χ1) is 11.1. The number of methoxy groups -OCH3 is 1. The maximum atomic E-state index is 13.1. The minimum Gasteiger partial charge on any atom is -0.469 e. The number of benzene rings is 1. The van der Waals surface area contributed by atoms with Crippen LogP contribution in [-0.4, -0.2) is 22.6 Å². The van der Waals surface area contributed by atoms with Crippen LogP contribution in [0, 0.1) is 5.82 Å². The summed E-state index contributed by atoms with van der Waals surface area (Å²) in [5, 5.41) is 2.31. The molecular formula is C16H13FN2O3S. The SMILES string of the molecule is COC(=O)CCn1cnc2scc(-c3ccc(F)cc3)c2c1=O. The fourth-order valence-electron chi connectivity index (χ4n) is 2.28. The lowest BCUT2D eigenvalue weighted by Crippen LogP contribution is -2.22. The first-order valence-corrected chi connectivity index (χ1v) is 7.77. The fourth-order valence-corrected chi connectivity index (χ4v) is 3.19. The second kappa shape index (κ2) is 6.29. The highest BCUT2D eigenvalue weighted by Crippen LogP contribution is 2.30. The molecule has 0 N–H and O–H groups in total. The Kier molecular flexibility index (Phi) is 4.20. The van der Waals surface area contributed by atoms with E-state index in [1.165, 1.54) is 41.5 Å². The lowest BCUT2D eigenvalue weighted by atomic mass is 10.1. The van der Waals surface area contributed by atoms with E-state index in [9.17, 15) is 14.0 Å². The zero-order valence-electron chi connectivity index (χ0n) is 12.3. The highest BCUT2D eigenvalue weighted by Gasteiger charge is 2.14. The molecular weight excluding hydrogens is 319 g/mol. The van der Waals surface area contributed by atoms with E-state index in [0.29, 0.717) is 10.2 Å². The van der Waals surface area contributed by atoms with E-state index in [4.69, 9.17) is 0 Å². The summed E-state index contributed by atoms with van der Waals surface area (Å²) in [5.74, 6) is -0.719. The molecule has 0 spiro atoms. The zero-order chi connectivity index (χ0) is 16.4. The molecule has 7 heteroatoms. The molecule has 0 aliphatic rings. The second-order valence-corrected chi connectivity index (χ2v) is 5.76. The Hall–Kier alpha value is -2.54. The monoisotopic (exact) mass is 332 g/mol. The largest absolute Gasteiger partial charge is 0.469 e. The molecule has 0 bridgehead atoms. The average Bonchev–Trinajstić information content (AvgIpc) is 2.99. The maximum Gasteiger partial charge on any atom is 0.307 e. The molecule has 3 rings (SSSR count). The van der Waals surface area contributed by atoms with Crippen LogP contribution < -0.4 is 5.56 Å². The quantitative estimate of drug-likeness (QED) is 0.689. The van der Waals surface area contributed by atoms with Gasteiger partial charge in [0.1, 0.15) is 10.6 Å². The van der Waals surface area contributed by atoms with Crippen molar-refractivity contribution in [2.75, 3.05) is 7.11 Å². The second-order valence-electron chi connectivity index (χ2n) is 4.91. The molecule has 0 aliphatic heterocycles. The van der Waals surface area contributed by atoms with Gasteiger partial charge in [0.15, 0.2) is 0 Å². The van der Waals surface area contributed by atoms with Crippen molar-refractivity contribution in [2.24, 2.45) is 0 Å². The molecule has 2 aromatic heterocycles. The number of thiophene rings is 1. The van der Waals surface area contributed by atoms with Crippen molar-refractivity contribution >= 4 is 27.5 Å². The van der Waals surface area contributed by atoms with Gasteiger partial charge in [0.25, 0.3) is 5.56 Å². The van der Waals surface area contributed by atoms with E-state index in [1.807, 2.05) is 5.38 Å². The molecule has 0 fully saturated rings. The number of ether oxygens (including phenoxy) is 1. The topological polar surface area (TPSA) is 61.2 Å². The summed E-state index contributed by atoms with van der Waals surface area (Å²) in [4.78, 5) is 28.8. The third kappa shape index (κ3) is 3.00. The number of nitrogens with zero attached hydrogens (tertiary/aromatic N) is 2. The Labute approximate surface area is 135 Å². The predicted molar refractivity (Wildman–Crippen MR) is 85.9 cm³/mol. The van der Waals surface area contributed by atoms with Gasteiger partial charge in [0.2, 0.25) is 0 Å². The van der Waals surface area contributed by atoms with Gasteiger partial charge in [0.05, 0.1) is 25.2 Å². The molecule has 0 saturated heterocycles. The summed E-state index contributed by atoms with van der Waals surface area (Å²) in [6, 6.07) is 5.96.